The molecule has 0 saturated carbocycles. The molecule has 3 rings (SSSR count). The number of carbonyl (C=O) groups excluding carboxylic acids is 3. The lowest BCUT2D eigenvalue weighted by molar-refractivity contribution is -0.159. The van der Waals surface area contributed by atoms with Crippen LogP contribution in [0.25, 0.3) is 0 Å². The maximum Gasteiger partial charge on any atom is 0.309 e. The first kappa shape index (κ1) is 27.3. The number of para-hydroxylation sites is 1. The number of hydrogen-bond donors (Lipinski definition) is 3. The second-order valence-corrected chi connectivity index (χ2v) is 10.9. The van der Waals surface area contributed by atoms with Crippen molar-refractivity contribution >= 4 is 23.3 Å². The number of amides is 1. The molecule has 0 spiro atoms. The lowest BCUT2D eigenvalue weighted by Crippen LogP contribution is -2.46. The molecule has 2 aliphatic heterocycles. The third kappa shape index (κ3) is 6.48. The highest BCUT2D eigenvalue weighted by Gasteiger charge is 2.53. The Morgan fingerprint density at radius 1 is 1.09 bits per heavy atom. The van der Waals surface area contributed by atoms with Gasteiger partial charge < -0.3 is 25.0 Å². The van der Waals surface area contributed by atoms with Crippen molar-refractivity contribution in [3.8, 4) is 0 Å². The first-order valence-electron chi connectivity index (χ1n) is 12.5. The standard InChI is InChI=1S/C27H39NO7/c1-16-10-9-13-27(5)21(35-27)14-19(25(33)28-18-11-7-6-8-12-18)34-22(30)15-20(29)26(3,4)24(32)17(2)23(16)31/h6-8,11-12,16-17,19-21,23,29,31H,9-10,13-15H2,1-5H3,(H,28,33)/t16-,17+,19-,20-,21-,23-,27+/m0/s1. The molecule has 0 aromatic heterocycles. The number of carbonyl (C=O) groups is 3. The average molecular weight is 490 g/mol. The molecule has 7 atom stereocenters. The first-order chi connectivity index (χ1) is 16.3. The fraction of sp³-hybridized carbons (Fsp3) is 0.667. The van der Waals surface area contributed by atoms with E-state index < -0.39 is 53.5 Å². The molecule has 0 bridgehead atoms. The van der Waals surface area contributed by atoms with E-state index in [4.69, 9.17) is 9.47 Å². The van der Waals surface area contributed by atoms with Crippen LogP contribution in [0.2, 0.25) is 0 Å². The van der Waals surface area contributed by atoms with E-state index in [0.29, 0.717) is 12.1 Å². The molecule has 1 aromatic carbocycles. The Kier molecular flexibility index (Phi) is 8.40. The molecule has 194 valence electrons. The van der Waals surface area contributed by atoms with Crippen LogP contribution in [-0.2, 0) is 23.9 Å². The van der Waals surface area contributed by atoms with Crippen molar-refractivity contribution in [1.29, 1.82) is 0 Å². The summed E-state index contributed by atoms with van der Waals surface area (Å²) in [5.74, 6) is -2.39. The quantitative estimate of drug-likeness (QED) is 0.430. The van der Waals surface area contributed by atoms with Gasteiger partial charge in [0.1, 0.15) is 5.78 Å². The van der Waals surface area contributed by atoms with E-state index in [9.17, 15) is 24.6 Å². The van der Waals surface area contributed by atoms with E-state index in [2.05, 4.69) is 5.32 Å². The summed E-state index contributed by atoms with van der Waals surface area (Å²) in [7, 11) is 0. The Hall–Kier alpha value is -2.29. The van der Waals surface area contributed by atoms with Gasteiger partial charge in [-0.1, -0.05) is 52.3 Å². The van der Waals surface area contributed by atoms with Gasteiger partial charge in [0.05, 0.1) is 35.7 Å². The van der Waals surface area contributed by atoms with E-state index in [1.165, 1.54) is 0 Å². The molecule has 35 heavy (non-hydrogen) atoms. The summed E-state index contributed by atoms with van der Waals surface area (Å²) in [6.07, 6.45) is -1.60. The topological polar surface area (TPSA) is 125 Å². The molecule has 0 radical (unpaired) electrons. The van der Waals surface area contributed by atoms with E-state index in [-0.39, 0.29) is 24.2 Å². The van der Waals surface area contributed by atoms with Crippen molar-refractivity contribution in [3.05, 3.63) is 30.3 Å². The molecule has 2 heterocycles. The van der Waals surface area contributed by atoms with Crippen LogP contribution in [0.3, 0.4) is 0 Å². The first-order valence-corrected chi connectivity index (χ1v) is 12.5. The van der Waals surface area contributed by atoms with Gasteiger partial charge in [-0.3, -0.25) is 14.4 Å². The van der Waals surface area contributed by atoms with Crippen LogP contribution in [-0.4, -0.2) is 57.9 Å². The van der Waals surface area contributed by atoms with E-state index >= 15 is 0 Å². The highest BCUT2D eigenvalue weighted by Crippen LogP contribution is 2.44. The highest BCUT2D eigenvalue weighted by atomic mass is 16.6. The predicted molar refractivity (Wildman–Crippen MR) is 130 cm³/mol. The van der Waals surface area contributed by atoms with E-state index in [1.54, 1.807) is 45.0 Å². The van der Waals surface area contributed by atoms with Gasteiger partial charge in [-0.2, -0.15) is 0 Å². The molecule has 2 fully saturated rings. The van der Waals surface area contributed by atoms with Crippen LogP contribution in [0, 0.1) is 17.3 Å². The van der Waals surface area contributed by atoms with Gasteiger partial charge in [0.2, 0.25) is 0 Å². The fourth-order valence-electron chi connectivity index (χ4n) is 4.92. The van der Waals surface area contributed by atoms with Crippen LogP contribution >= 0.6 is 0 Å². The number of ketones is 1. The maximum absolute atomic E-state index is 13.2. The second-order valence-electron chi connectivity index (χ2n) is 10.9. The number of epoxide rings is 1. The van der Waals surface area contributed by atoms with Crippen molar-refractivity contribution in [1.82, 2.24) is 0 Å². The Morgan fingerprint density at radius 3 is 2.40 bits per heavy atom. The monoisotopic (exact) mass is 489 g/mol. The number of Topliss-reactive ketones (excluding diaryl/α,β-unsaturated/α-hetero) is 1. The molecule has 2 saturated heterocycles. The van der Waals surface area contributed by atoms with Gasteiger partial charge in [-0.25, -0.2) is 0 Å². The summed E-state index contributed by atoms with van der Waals surface area (Å²) in [4.78, 5) is 39.0. The van der Waals surface area contributed by atoms with Gasteiger partial charge >= 0.3 is 5.97 Å². The molecule has 1 amide bonds. The summed E-state index contributed by atoms with van der Waals surface area (Å²) in [6, 6.07) is 8.88. The lowest BCUT2D eigenvalue weighted by Gasteiger charge is -2.34. The van der Waals surface area contributed by atoms with Crippen molar-refractivity contribution in [2.24, 2.45) is 17.3 Å². The van der Waals surface area contributed by atoms with Crippen molar-refractivity contribution < 1.29 is 34.1 Å². The number of rotatable bonds is 2. The van der Waals surface area contributed by atoms with Crippen LogP contribution < -0.4 is 5.32 Å². The third-order valence-corrected chi connectivity index (χ3v) is 7.74. The number of aliphatic hydroxyl groups excluding tert-OH is 2. The summed E-state index contributed by atoms with van der Waals surface area (Å²) < 4.78 is 11.5. The number of nitrogens with one attached hydrogen (secondary N) is 1. The number of cyclic esters (lactones) is 1. The van der Waals surface area contributed by atoms with Gasteiger partial charge in [0, 0.05) is 18.0 Å². The molecular weight excluding hydrogens is 450 g/mol. The minimum Gasteiger partial charge on any atom is -0.452 e. The van der Waals surface area contributed by atoms with E-state index in [1.807, 2.05) is 19.9 Å². The largest absolute Gasteiger partial charge is 0.452 e. The SMILES string of the molecule is C[C@H]1CCC[C@@]2(C)O[C@H]2C[C@@H](C(=O)Nc2ccccc2)OC(=O)C[C@H](O)C(C)(C)C(=O)[C@H](C)[C@H]1O. The van der Waals surface area contributed by atoms with Crippen molar-refractivity contribution in [3.63, 3.8) is 0 Å². The number of esters is 1. The number of ether oxygens (including phenoxy) is 2. The van der Waals surface area contributed by atoms with Gasteiger partial charge in [0.25, 0.3) is 5.91 Å². The van der Waals surface area contributed by atoms with Crippen LogP contribution in [0.1, 0.15) is 66.7 Å². The highest BCUT2D eigenvalue weighted by molar-refractivity contribution is 5.95. The Bertz CT molecular complexity index is 917. The molecule has 2 aliphatic rings. The Labute approximate surface area is 207 Å². The van der Waals surface area contributed by atoms with E-state index in [0.717, 1.165) is 12.8 Å². The van der Waals surface area contributed by atoms with Gasteiger partial charge in [-0.05, 0) is 37.8 Å². The summed E-state index contributed by atoms with van der Waals surface area (Å²) >= 11 is 0. The van der Waals surface area contributed by atoms with Crippen molar-refractivity contribution in [2.45, 2.75) is 96.7 Å². The van der Waals surface area contributed by atoms with Gasteiger partial charge in [-0.15, -0.1) is 0 Å². The number of fused-ring (bicyclic) bond motifs is 1. The molecule has 0 unspecified atom stereocenters. The summed E-state index contributed by atoms with van der Waals surface area (Å²) in [6.45, 7) is 8.66. The predicted octanol–water partition coefficient (Wildman–Crippen LogP) is 3.25. The normalized spacial score (nSPS) is 36.5. The maximum atomic E-state index is 13.2. The molecule has 1 aromatic rings. The third-order valence-electron chi connectivity index (χ3n) is 7.74. The summed E-state index contributed by atoms with van der Waals surface area (Å²) in [5.41, 5.74) is -1.15. The van der Waals surface area contributed by atoms with Crippen LogP contribution in [0.4, 0.5) is 5.69 Å². The average Bonchev–Trinajstić information content (AvgIpc) is 3.45. The Morgan fingerprint density at radius 2 is 1.74 bits per heavy atom. The molecule has 8 nitrogen and oxygen atoms in total. The fourth-order valence-corrected chi connectivity index (χ4v) is 4.92. The number of anilines is 1. The van der Waals surface area contributed by atoms with Crippen molar-refractivity contribution in [2.75, 3.05) is 5.32 Å². The van der Waals surface area contributed by atoms with Gasteiger partial charge in [0.15, 0.2) is 6.10 Å². The Balaban J connectivity index is 1.81. The molecule has 3 N–H and O–H groups in total. The number of benzene rings is 1. The van der Waals surface area contributed by atoms with Crippen LogP contribution in [0.5, 0.6) is 0 Å². The number of aliphatic hydroxyl groups is 2. The minimum atomic E-state index is -1.33. The zero-order valence-electron chi connectivity index (χ0n) is 21.3. The molecule has 0 aliphatic carbocycles. The van der Waals surface area contributed by atoms with Crippen LogP contribution in [0.15, 0.2) is 30.3 Å². The minimum absolute atomic E-state index is 0.120. The summed E-state index contributed by atoms with van der Waals surface area (Å²) in [5, 5.41) is 24.3. The molecule has 8 heteroatoms. The second kappa shape index (κ2) is 10.8. The smallest absolute Gasteiger partial charge is 0.309 e. The number of hydrogen-bond acceptors (Lipinski definition) is 7. The lowest BCUT2D eigenvalue weighted by atomic mass is 9.73. The zero-order chi connectivity index (χ0) is 26.0. The zero-order valence-corrected chi connectivity index (χ0v) is 21.3. The molecular formula is C27H39NO7.